The first-order valence-electron chi connectivity index (χ1n) is 5.81. The number of aryl methyl sites for hydroxylation is 1. The summed E-state index contributed by atoms with van der Waals surface area (Å²) in [5.41, 5.74) is 1.55. The van der Waals surface area contributed by atoms with Gasteiger partial charge in [0.25, 0.3) is 0 Å². The van der Waals surface area contributed by atoms with Gasteiger partial charge in [-0.15, -0.1) is 13.2 Å². The predicted octanol–water partition coefficient (Wildman–Crippen LogP) is 3.37. The molecule has 0 aliphatic heterocycles. The van der Waals surface area contributed by atoms with Crippen molar-refractivity contribution in [3.05, 3.63) is 59.4 Å². The van der Waals surface area contributed by atoms with Crippen LogP contribution >= 0.6 is 0 Å². The average Bonchev–Trinajstić information content (AvgIpc) is 2.36. The normalized spacial score (nSPS) is 13.1. The van der Waals surface area contributed by atoms with Crippen molar-refractivity contribution in [2.75, 3.05) is 0 Å². The van der Waals surface area contributed by atoms with Crippen LogP contribution in [0.2, 0.25) is 0 Å². The van der Waals surface area contributed by atoms with Gasteiger partial charge in [0.15, 0.2) is 0 Å². The molecule has 0 saturated carbocycles. The molecule has 3 nitrogen and oxygen atoms in total. The Morgan fingerprint density at radius 1 is 1.20 bits per heavy atom. The number of hydrogen-bond acceptors (Lipinski definition) is 3. The molecule has 2 rings (SSSR count). The van der Waals surface area contributed by atoms with Gasteiger partial charge in [0.05, 0.1) is 5.69 Å². The molecule has 0 radical (unpaired) electrons. The summed E-state index contributed by atoms with van der Waals surface area (Å²) >= 11 is 0. The number of benzene rings is 1. The monoisotopic (exact) mass is 283 g/mol. The molecule has 2 aromatic rings. The molecule has 20 heavy (non-hydrogen) atoms. The lowest BCUT2D eigenvalue weighted by Gasteiger charge is -2.13. The van der Waals surface area contributed by atoms with Crippen LogP contribution in [0, 0.1) is 6.92 Å². The zero-order chi connectivity index (χ0) is 14.8. The van der Waals surface area contributed by atoms with E-state index in [4.69, 9.17) is 0 Å². The van der Waals surface area contributed by atoms with Crippen LogP contribution in [0.15, 0.2) is 42.6 Å². The van der Waals surface area contributed by atoms with Crippen molar-refractivity contribution in [1.29, 1.82) is 0 Å². The van der Waals surface area contributed by atoms with Crippen molar-refractivity contribution in [3.63, 3.8) is 0 Å². The van der Waals surface area contributed by atoms with Crippen LogP contribution in [0.1, 0.15) is 22.9 Å². The fourth-order valence-corrected chi connectivity index (χ4v) is 1.76. The molecule has 6 heteroatoms. The molecule has 1 aromatic carbocycles. The van der Waals surface area contributed by atoms with Crippen LogP contribution in [-0.2, 0) is 0 Å². The van der Waals surface area contributed by atoms with E-state index in [2.05, 4.69) is 9.72 Å². The zero-order valence-electron chi connectivity index (χ0n) is 10.6. The van der Waals surface area contributed by atoms with E-state index in [1.54, 1.807) is 12.1 Å². The van der Waals surface area contributed by atoms with Crippen LogP contribution < -0.4 is 4.74 Å². The second-order valence-corrected chi connectivity index (χ2v) is 4.28. The molecule has 0 aliphatic carbocycles. The van der Waals surface area contributed by atoms with E-state index >= 15 is 0 Å². The van der Waals surface area contributed by atoms with Crippen LogP contribution in [0.4, 0.5) is 13.2 Å². The fourth-order valence-electron chi connectivity index (χ4n) is 1.76. The van der Waals surface area contributed by atoms with Crippen molar-refractivity contribution in [2.45, 2.75) is 19.4 Å². The van der Waals surface area contributed by atoms with Gasteiger partial charge in [0.1, 0.15) is 11.9 Å². The lowest BCUT2D eigenvalue weighted by molar-refractivity contribution is -0.274. The number of aliphatic hydroxyl groups excluding tert-OH is 1. The van der Waals surface area contributed by atoms with Crippen molar-refractivity contribution in [1.82, 2.24) is 4.98 Å². The van der Waals surface area contributed by atoms with E-state index in [-0.39, 0.29) is 11.3 Å². The van der Waals surface area contributed by atoms with Crippen molar-refractivity contribution in [2.24, 2.45) is 0 Å². The number of ether oxygens (including phenoxy) is 1. The first-order valence-corrected chi connectivity index (χ1v) is 5.81. The van der Waals surface area contributed by atoms with Gasteiger partial charge in [-0.2, -0.15) is 0 Å². The van der Waals surface area contributed by atoms with Gasteiger partial charge < -0.3 is 9.84 Å². The standard InChI is InChI=1S/C14H12F3NO2/c1-9-5-6-18-12(7-9)13(19)10-3-2-4-11(8-10)20-14(15,16)17/h2-8,13,19H,1H3. The number of nitrogens with zero attached hydrogens (tertiary/aromatic N) is 1. The summed E-state index contributed by atoms with van der Waals surface area (Å²) in [5.74, 6) is -0.373. The topological polar surface area (TPSA) is 42.4 Å². The van der Waals surface area contributed by atoms with Crippen LogP contribution in [0.3, 0.4) is 0 Å². The third-order valence-corrected chi connectivity index (χ3v) is 2.62. The molecule has 0 fully saturated rings. The Hall–Kier alpha value is -2.08. The number of halogens is 3. The second-order valence-electron chi connectivity index (χ2n) is 4.28. The number of rotatable bonds is 3. The van der Waals surface area contributed by atoms with E-state index in [9.17, 15) is 18.3 Å². The Bertz CT molecular complexity index is 599. The van der Waals surface area contributed by atoms with E-state index < -0.39 is 12.5 Å². The van der Waals surface area contributed by atoms with Crippen molar-refractivity contribution >= 4 is 0 Å². The molecule has 1 unspecified atom stereocenters. The quantitative estimate of drug-likeness (QED) is 0.939. The summed E-state index contributed by atoms with van der Waals surface area (Å²) in [6.07, 6.45) is -4.33. The SMILES string of the molecule is Cc1ccnc(C(O)c2cccc(OC(F)(F)F)c2)c1. The van der Waals surface area contributed by atoms with Gasteiger partial charge in [0.2, 0.25) is 0 Å². The van der Waals surface area contributed by atoms with E-state index in [1.807, 2.05) is 6.92 Å². The molecular weight excluding hydrogens is 271 g/mol. The highest BCUT2D eigenvalue weighted by atomic mass is 19.4. The van der Waals surface area contributed by atoms with Gasteiger partial charge in [-0.1, -0.05) is 12.1 Å². The maximum Gasteiger partial charge on any atom is 0.573 e. The highest BCUT2D eigenvalue weighted by Gasteiger charge is 2.31. The van der Waals surface area contributed by atoms with Crippen molar-refractivity contribution in [3.8, 4) is 5.75 Å². The molecule has 1 atom stereocenters. The third-order valence-electron chi connectivity index (χ3n) is 2.62. The summed E-state index contributed by atoms with van der Waals surface area (Å²) in [6.45, 7) is 1.83. The molecule has 1 N–H and O–H groups in total. The molecule has 1 aromatic heterocycles. The Balaban J connectivity index is 2.26. The number of alkyl halides is 3. The molecule has 106 valence electrons. The average molecular weight is 283 g/mol. The van der Waals surface area contributed by atoms with Gasteiger partial charge >= 0.3 is 6.36 Å². The number of aliphatic hydroxyl groups is 1. The van der Waals surface area contributed by atoms with E-state index in [1.165, 1.54) is 24.4 Å². The van der Waals surface area contributed by atoms with Gasteiger partial charge in [0, 0.05) is 6.20 Å². The molecular formula is C14H12F3NO2. The minimum atomic E-state index is -4.76. The number of aromatic nitrogens is 1. The Kier molecular flexibility index (Phi) is 3.94. The first-order chi connectivity index (χ1) is 9.35. The molecule has 0 saturated heterocycles. The smallest absolute Gasteiger partial charge is 0.406 e. The molecule has 1 heterocycles. The van der Waals surface area contributed by atoms with Crippen LogP contribution in [-0.4, -0.2) is 16.5 Å². The van der Waals surface area contributed by atoms with Crippen LogP contribution in [0.25, 0.3) is 0 Å². The Morgan fingerprint density at radius 3 is 2.60 bits per heavy atom. The van der Waals surface area contributed by atoms with Gasteiger partial charge in [-0.05, 0) is 42.3 Å². The van der Waals surface area contributed by atoms with Crippen LogP contribution in [0.5, 0.6) is 5.75 Å². The maximum absolute atomic E-state index is 12.2. The predicted molar refractivity (Wildman–Crippen MR) is 66.2 cm³/mol. The number of pyridine rings is 1. The maximum atomic E-state index is 12.2. The summed E-state index contributed by atoms with van der Waals surface area (Å²) < 4.78 is 40.3. The second kappa shape index (κ2) is 5.50. The molecule has 0 aliphatic rings. The lowest BCUT2D eigenvalue weighted by Crippen LogP contribution is -2.17. The largest absolute Gasteiger partial charge is 0.573 e. The minimum Gasteiger partial charge on any atom is -0.406 e. The van der Waals surface area contributed by atoms with Gasteiger partial charge in [-0.25, -0.2) is 0 Å². The Labute approximate surface area is 113 Å². The molecule has 0 amide bonds. The highest BCUT2D eigenvalue weighted by Crippen LogP contribution is 2.27. The van der Waals surface area contributed by atoms with Crippen molar-refractivity contribution < 1.29 is 23.0 Å². The Morgan fingerprint density at radius 2 is 1.95 bits per heavy atom. The summed E-state index contributed by atoms with van der Waals surface area (Å²) in [7, 11) is 0. The summed E-state index contributed by atoms with van der Waals surface area (Å²) in [6, 6.07) is 8.64. The first kappa shape index (κ1) is 14.3. The molecule has 0 bridgehead atoms. The fraction of sp³-hybridized carbons (Fsp3) is 0.214. The lowest BCUT2D eigenvalue weighted by atomic mass is 10.0. The van der Waals surface area contributed by atoms with E-state index in [0.717, 1.165) is 11.6 Å². The summed E-state index contributed by atoms with van der Waals surface area (Å²) in [5, 5.41) is 10.1. The highest BCUT2D eigenvalue weighted by molar-refractivity contribution is 5.34. The van der Waals surface area contributed by atoms with Gasteiger partial charge in [-0.3, -0.25) is 4.98 Å². The summed E-state index contributed by atoms with van der Waals surface area (Å²) in [4.78, 5) is 4.01. The van der Waals surface area contributed by atoms with E-state index in [0.29, 0.717) is 5.69 Å². The minimum absolute atomic E-state index is 0.282. The third kappa shape index (κ3) is 3.71. The zero-order valence-corrected chi connectivity index (χ0v) is 10.6. The molecule has 0 spiro atoms. The number of hydrogen-bond donors (Lipinski definition) is 1.